The highest BCUT2D eigenvalue weighted by atomic mass is 35.5. The van der Waals surface area contributed by atoms with Crippen LogP contribution in [0.4, 0.5) is 0 Å². The van der Waals surface area contributed by atoms with Crippen LogP contribution in [0.3, 0.4) is 0 Å². The summed E-state index contributed by atoms with van der Waals surface area (Å²) in [7, 11) is 0. The molecular formula is C14H20ClNO2. The summed E-state index contributed by atoms with van der Waals surface area (Å²) in [6.45, 7) is 7.17. The Kier molecular flexibility index (Phi) is 6.16. The van der Waals surface area contributed by atoms with Crippen molar-refractivity contribution in [1.29, 1.82) is 0 Å². The number of rotatable bonds is 6. The first-order valence-corrected chi connectivity index (χ1v) is 6.54. The maximum Gasteiger partial charge on any atom is 0.252 e. The normalized spacial score (nSPS) is 10.7. The van der Waals surface area contributed by atoms with Gasteiger partial charge in [-0.2, -0.15) is 0 Å². The SMILES string of the molecule is Cc1ccc(C(=O)NCCCOC(C)C)c(Cl)c1. The molecule has 1 rings (SSSR count). The van der Waals surface area contributed by atoms with E-state index in [1.54, 1.807) is 12.1 Å². The Balaban J connectivity index is 2.36. The lowest BCUT2D eigenvalue weighted by atomic mass is 10.1. The second kappa shape index (κ2) is 7.39. The lowest BCUT2D eigenvalue weighted by Crippen LogP contribution is -2.25. The maximum atomic E-state index is 11.8. The first-order valence-electron chi connectivity index (χ1n) is 6.16. The minimum Gasteiger partial charge on any atom is -0.379 e. The molecule has 3 nitrogen and oxygen atoms in total. The number of halogens is 1. The molecule has 0 heterocycles. The number of aryl methyl sites for hydroxylation is 1. The van der Waals surface area contributed by atoms with Crippen LogP contribution in [0.2, 0.25) is 5.02 Å². The second-order valence-electron chi connectivity index (χ2n) is 4.51. The van der Waals surface area contributed by atoms with E-state index in [1.165, 1.54) is 0 Å². The summed E-state index contributed by atoms with van der Waals surface area (Å²) in [6, 6.07) is 5.42. The van der Waals surface area contributed by atoms with Crippen LogP contribution in [0.5, 0.6) is 0 Å². The molecule has 0 aromatic heterocycles. The van der Waals surface area contributed by atoms with Crippen molar-refractivity contribution < 1.29 is 9.53 Å². The predicted octanol–water partition coefficient (Wildman–Crippen LogP) is 3.19. The van der Waals surface area contributed by atoms with Crippen LogP contribution in [0.25, 0.3) is 0 Å². The van der Waals surface area contributed by atoms with Gasteiger partial charge in [-0.1, -0.05) is 17.7 Å². The highest BCUT2D eigenvalue weighted by Gasteiger charge is 2.09. The summed E-state index contributed by atoms with van der Waals surface area (Å²) in [5.41, 5.74) is 1.56. The average Bonchev–Trinajstić information content (AvgIpc) is 2.27. The van der Waals surface area contributed by atoms with E-state index in [9.17, 15) is 4.79 Å². The summed E-state index contributed by atoms with van der Waals surface area (Å²) in [5.74, 6) is -0.135. The zero-order valence-corrected chi connectivity index (χ0v) is 11.9. The molecule has 1 aromatic carbocycles. The number of carbonyl (C=O) groups excluding carboxylic acids is 1. The van der Waals surface area contributed by atoms with Crippen molar-refractivity contribution in [3.63, 3.8) is 0 Å². The van der Waals surface area contributed by atoms with Gasteiger partial charge in [-0.3, -0.25) is 4.79 Å². The maximum absolute atomic E-state index is 11.8. The number of hydrogen-bond donors (Lipinski definition) is 1. The van der Waals surface area contributed by atoms with E-state index in [4.69, 9.17) is 16.3 Å². The highest BCUT2D eigenvalue weighted by Crippen LogP contribution is 2.17. The van der Waals surface area contributed by atoms with Crippen LogP contribution >= 0.6 is 11.6 Å². The van der Waals surface area contributed by atoms with Gasteiger partial charge >= 0.3 is 0 Å². The van der Waals surface area contributed by atoms with E-state index in [2.05, 4.69) is 5.32 Å². The van der Waals surface area contributed by atoms with E-state index in [0.717, 1.165) is 12.0 Å². The molecule has 18 heavy (non-hydrogen) atoms. The van der Waals surface area contributed by atoms with Crippen molar-refractivity contribution in [2.45, 2.75) is 33.3 Å². The molecule has 0 atom stereocenters. The molecule has 0 unspecified atom stereocenters. The number of carbonyl (C=O) groups is 1. The highest BCUT2D eigenvalue weighted by molar-refractivity contribution is 6.33. The lowest BCUT2D eigenvalue weighted by Gasteiger charge is -2.09. The third-order valence-corrected chi connectivity index (χ3v) is 2.74. The standard InChI is InChI=1S/C14H20ClNO2/c1-10(2)18-8-4-7-16-14(17)12-6-5-11(3)9-13(12)15/h5-6,9-10H,4,7-8H2,1-3H3,(H,16,17). The van der Waals surface area contributed by atoms with Gasteiger partial charge in [0.2, 0.25) is 0 Å². The minimum absolute atomic E-state index is 0.135. The summed E-state index contributed by atoms with van der Waals surface area (Å²) in [4.78, 5) is 11.8. The Bertz CT molecular complexity index is 405. The summed E-state index contributed by atoms with van der Waals surface area (Å²) in [6.07, 6.45) is 1.03. The van der Waals surface area contributed by atoms with Crippen LogP contribution in [-0.2, 0) is 4.74 Å². The molecule has 0 radical (unpaired) electrons. The fraction of sp³-hybridized carbons (Fsp3) is 0.500. The largest absolute Gasteiger partial charge is 0.379 e. The zero-order valence-electron chi connectivity index (χ0n) is 11.1. The quantitative estimate of drug-likeness (QED) is 0.806. The van der Waals surface area contributed by atoms with Crippen LogP contribution < -0.4 is 5.32 Å². The molecule has 0 aliphatic carbocycles. The van der Waals surface area contributed by atoms with Crippen LogP contribution in [0.15, 0.2) is 18.2 Å². The van der Waals surface area contributed by atoms with Gasteiger partial charge in [0.1, 0.15) is 0 Å². The van der Waals surface area contributed by atoms with Gasteiger partial charge in [0.25, 0.3) is 5.91 Å². The molecule has 0 spiro atoms. The molecule has 4 heteroatoms. The van der Waals surface area contributed by atoms with Crippen LogP contribution in [-0.4, -0.2) is 25.2 Å². The monoisotopic (exact) mass is 269 g/mol. The van der Waals surface area contributed by atoms with Gasteiger partial charge in [0.15, 0.2) is 0 Å². The fourth-order valence-electron chi connectivity index (χ4n) is 1.49. The predicted molar refractivity (Wildman–Crippen MR) is 74.2 cm³/mol. The Labute approximate surface area is 113 Å². The first-order chi connectivity index (χ1) is 8.50. The third-order valence-electron chi connectivity index (χ3n) is 2.43. The molecule has 0 fully saturated rings. The fourth-order valence-corrected chi connectivity index (χ4v) is 1.81. The number of nitrogens with one attached hydrogen (secondary N) is 1. The Morgan fingerprint density at radius 1 is 1.44 bits per heavy atom. The molecule has 1 aromatic rings. The van der Waals surface area contributed by atoms with Crippen molar-refractivity contribution in [3.05, 3.63) is 34.3 Å². The molecule has 0 saturated heterocycles. The Morgan fingerprint density at radius 2 is 2.17 bits per heavy atom. The third kappa shape index (κ3) is 5.07. The number of amides is 1. The number of hydrogen-bond acceptors (Lipinski definition) is 2. The topological polar surface area (TPSA) is 38.3 Å². The van der Waals surface area contributed by atoms with Crippen molar-refractivity contribution >= 4 is 17.5 Å². The van der Waals surface area contributed by atoms with E-state index in [1.807, 2.05) is 26.8 Å². The summed E-state index contributed by atoms with van der Waals surface area (Å²) < 4.78 is 5.39. The van der Waals surface area contributed by atoms with Crippen LogP contribution in [0.1, 0.15) is 36.2 Å². The average molecular weight is 270 g/mol. The molecular weight excluding hydrogens is 250 g/mol. The van der Waals surface area contributed by atoms with Crippen LogP contribution in [0, 0.1) is 6.92 Å². The zero-order chi connectivity index (χ0) is 13.5. The van der Waals surface area contributed by atoms with Crippen molar-refractivity contribution in [2.75, 3.05) is 13.2 Å². The van der Waals surface area contributed by atoms with Gasteiger partial charge < -0.3 is 10.1 Å². The second-order valence-corrected chi connectivity index (χ2v) is 4.92. The smallest absolute Gasteiger partial charge is 0.252 e. The summed E-state index contributed by atoms with van der Waals surface area (Å²) in [5, 5.41) is 3.32. The Morgan fingerprint density at radius 3 is 2.78 bits per heavy atom. The number of ether oxygens (including phenoxy) is 1. The van der Waals surface area contributed by atoms with Gasteiger partial charge in [-0.05, 0) is 44.9 Å². The van der Waals surface area contributed by atoms with E-state index in [0.29, 0.717) is 23.7 Å². The van der Waals surface area contributed by atoms with Gasteiger partial charge in [-0.25, -0.2) is 0 Å². The Hall–Kier alpha value is -1.06. The first kappa shape index (κ1) is 15.0. The van der Waals surface area contributed by atoms with E-state index < -0.39 is 0 Å². The summed E-state index contributed by atoms with van der Waals surface area (Å²) >= 11 is 6.02. The van der Waals surface area contributed by atoms with Crippen molar-refractivity contribution in [3.8, 4) is 0 Å². The van der Waals surface area contributed by atoms with Gasteiger partial charge in [-0.15, -0.1) is 0 Å². The van der Waals surface area contributed by atoms with Gasteiger partial charge in [0.05, 0.1) is 16.7 Å². The molecule has 100 valence electrons. The molecule has 0 saturated carbocycles. The molecule has 0 aliphatic heterocycles. The molecule has 0 aliphatic rings. The number of benzene rings is 1. The van der Waals surface area contributed by atoms with E-state index >= 15 is 0 Å². The minimum atomic E-state index is -0.135. The molecule has 1 N–H and O–H groups in total. The van der Waals surface area contributed by atoms with Crippen molar-refractivity contribution in [2.24, 2.45) is 0 Å². The van der Waals surface area contributed by atoms with Gasteiger partial charge in [0, 0.05) is 13.2 Å². The molecule has 1 amide bonds. The lowest BCUT2D eigenvalue weighted by molar-refractivity contribution is 0.0757. The van der Waals surface area contributed by atoms with Crippen molar-refractivity contribution in [1.82, 2.24) is 5.32 Å². The van der Waals surface area contributed by atoms with E-state index in [-0.39, 0.29) is 12.0 Å². The molecule has 0 bridgehead atoms.